The Kier molecular flexibility index (Phi) is 3.31. The van der Waals surface area contributed by atoms with Crippen molar-refractivity contribution in [3.63, 3.8) is 0 Å². The molecule has 0 saturated carbocycles. The average molecular weight is 270 g/mol. The first-order valence-corrected chi connectivity index (χ1v) is 5.97. The topological polar surface area (TPSA) is 37.1 Å². The summed E-state index contributed by atoms with van der Waals surface area (Å²) in [4.78, 5) is 4.18. The van der Waals surface area contributed by atoms with Crippen molar-refractivity contribution in [2.45, 2.75) is 0 Å². The van der Waals surface area contributed by atoms with Crippen molar-refractivity contribution in [3.8, 4) is 0 Å². The van der Waals surface area contributed by atoms with E-state index in [-0.39, 0.29) is 0 Å². The van der Waals surface area contributed by atoms with Crippen LogP contribution in [0.1, 0.15) is 0 Å². The van der Waals surface area contributed by atoms with E-state index in [1.54, 1.807) is 11.8 Å². The van der Waals surface area contributed by atoms with Gasteiger partial charge in [-0.3, -0.25) is 4.99 Å². The van der Waals surface area contributed by atoms with Gasteiger partial charge in [0.2, 0.25) is 5.17 Å². The summed E-state index contributed by atoms with van der Waals surface area (Å²) < 4.78 is 1.01. The molecule has 14 heavy (non-hydrogen) atoms. The highest BCUT2D eigenvalue weighted by atomic mass is 79.9. The van der Waals surface area contributed by atoms with Crippen LogP contribution in [0.15, 0.2) is 44.0 Å². The summed E-state index contributed by atoms with van der Waals surface area (Å²) >= 11 is 5.02. The van der Waals surface area contributed by atoms with E-state index < -0.39 is 0 Å². The number of aliphatic imine (C=N–C) groups is 1. The van der Waals surface area contributed by atoms with Crippen LogP contribution in [0.5, 0.6) is 0 Å². The number of thioether (sulfide) groups is 1. The molecule has 2 rings (SSSR count). The molecule has 72 valence electrons. The van der Waals surface area contributed by atoms with Gasteiger partial charge < -0.3 is 0 Å². The molecule has 0 fully saturated rings. The summed E-state index contributed by atoms with van der Waals surface area (Å²) in [6.07, 6.45) is 0. The van der Waals surface area contributed by atoms with Gasteiger partial charge in [0.15, 0.2) is 0 Å². The monoisotopic (exact) mass is 269 g/mol. The van der Waals surface area contributed by atoms with Gasteiger partial charge in [-0.1, -0.05) is 33.8 Å². The van der Waals surface area contributed by atoms with Crippen molar-refractivity contribution < 1.29 is 0 Å². The molecule has 1 aromatic rings. The number of halogens is 1. The fraction of sp³-hybridized carbons (Fsp3) is 0.222. The molecule has 0 atom stereocenters. The van der Waals surface area contributed by atoms with Crippen LogP contribution in [0.4, 0.5) is 5.69 Å². The summed E-state index contributed by atoms with van der Waals surface area (Å²) in [7, 11) is 0. The van der Waals surface area contributed by atoms with Gasteiger partial charge in [0.1, 0.15) is 0 Å². The van der Waals surface area contributed by atoms with E-state index in [1.807, 2.05) is 24.3 Å². The van der Waals surface area contributed by atoms with E-state index in [0.29, 0.717) is 0 Å². The quantitative estimate of drug-likeness (QED) is 0.718. The van der Waals surface area contributed by atoms with Crippen LogP contribution in [0, 0.1) is 0 Å². The smallest absolute Gasteiger partial charge is 0.204 e. The van der Waals surface area contributed by atoms with Crippen molar-refractivity contribution in [2.24, 2.45) is 15.2 Å². The van der Waals surface area contributed by atoms with E-state index in [0.717, 1.165) is 27.6 Å². The van der Waals surface area contributed by atoms with E-state index in [1.165, 1.54) is 0 Å². The van der Waals surface area contributed by atoms with Crippen LogP contribution < -0.4 is 0 Å². The number of hydrogen-bond acceptors (Lipinski definition) is 4. The first kappa shape index (κ1) is 9.86. The molecular weight excluding hydrogens is 262 g/mol. The maximum Gasteiger partial charge on any atom is 0.204 e. The molecule has 0 bridgehead atoms. The minimum atomic E-state index is 0.782. The molecule has 1 heterocycles. The molecule has 0 saturated heterocycles. The van der Waals surface area contributed by atoms with Gasteiger partial charge in [0, 0.05) is 10.2 Å². The normalized spacial score (nSPS) is 16.2. The lowest BCUT2D eigenvalue weighted by Crippen LogP contribution is -1.76. The third-order valence-corrected chi connectivity index (χ3v) is 2.98. The first-order chi connectivity index (χ1) is 6.84. The maximum absolute atomic E-state index is 4.18. The highest BCUT2D eigenvalue weighted by Crippen LogP contribution is 2.20. The molecule has 0 aromatic heterocycles. The molecule has 3 nitrogen and oxygen atoms in total. The van der Waals surface area contributed by atoms with Crippen molar-refractivity contribution in [3.05, 3.63) is 28.7 Å². The minimum Gasteiger partial charge on any atom is -0.258 e. The molecule has 0 spiro atoms. The predicted octanol–water partition coefficient (Wildman–Crippen LogP) is 3.64. The van der Waals surface area contributed by atoms with Crippen LogP contribution in [-0.2, 0) is 0 Å². The minimum absolute atomic E-state index is 0.782. The number of hydrogen-bond donors (Lipinski definition) is 0. The highest BCUT2D eigenvalue weighted by Gasteiger charge is 2.04. The molecule has 1 aliphatic rings. The lowest BCUT2D eigenvalue weighted by Gasteiger charge is -1.92. The molecule has 0 N–H and O–H groups in total. The van der Waals surface area contributed by atoms with E-state index >= 15 is 0 Å². The first-order valence-electron chi connectivity index (χ1n) is 4.19. The van der Waals surface area contributed by atoms with E-state index in [4.69, 9.17) is 0 Å². The van der Waals surface area contributed by atoms with Gasteiger partial charge in [0.05, 0.1) is 12.2 Å². The Morgan fingerprint density at radius 1 is 1.36 bits per heavy atom. The molecule has 1 aromatic carbocycles. The zero-order valence-corrected chi connectivity index (χ0v) is 9.75. The second kappa shape index (κ2) is 4.70. The second-order valence-corrected chi connectivity index (χ2v) is 4.67. The Hall–Kier alpha value is -0.680. The van der Waals surface area contributed by atoms with Gasteiger partial charge in [-0.25, -0.2) is 0 Å². The number of rotatable bonds is 1. The molecule has 0 unspecified atom stereocenters. The molecule has 0 amide bonds. The van der Waals surface area contributed by atoms with Crippen LogP contribution in [0.2, 0.25) is 0 Å². The van der Waals surface area contributed by atoms with Crippen LogP contribution >= 0.6 is 27.7 Å². The summed E-state index contributed by atoms with van der Waals surface area (Å²) in [5.74, 6) is 1.02. The van der Waals surface area contributed by atoms with Crippen LogP contribution in [-0.4, -0.2) is 17.5 Å². The maximum atomic E-state index is 4.18. The van der Waals surface area contributed by atoms with E-state index in [2.05, 4.69) is 31.2 Å². The lowest BCUT2D eigenvalue weighted by atomic mass is 10.3. The number of azo groups is 1. The molecule has 0 aliphatic carbocycles. The van der Waals surface area contributed by atoms with Gasteiger partial charge in [0.25, 0.3) is 0 Å². The Labute approximate surface area is 94.9 Å². The third kappa shape index (κ3) is 2.65. The summed E-state index contributed by atoms with van der Waals surface area (Å²) in [6, 6.07) is 7.72. The van der Waals surface area contributed by atoms with Crippen molar-refractivity contribution in [1.82, 2.24) is 0 Å². The Bertz CT molecular complexity index is 389. The Morgan fingerprint density at radius 3 is 3.00 bits per heavy atom. The highest BCUT2D eigenvalue weighted by molar-refractivity contribution is 9.10. The lowest BCUT2D eigenvalue weighted by molar-refractivity contribution is 1.16. The van der Waals surface area contributed by atoms with Gasteiger partial charge in [-0.15, -0.1) is 10.2 Å². The van der Waals surface area contributed by atoms with Crippen molar-refractivity contribution in [1.29, 1.82) is 0 Å². The molecule has 0 radical (unpaired) electrons. The zero-order chi connectivity index (χ0) is 9.80. The molecular formula is C9H8BrN3S. The van der Waals surface area contributed by atoms with Crippen LogP contribution in [0.25, 0.3) is 0 Å². The predicted molar refractivity (Wildman–Crippen MR) is 63.4 cm³/mol. The van der Waals surface area contributed by atoms with Gasteiger partial charge in [-0.2, -0.15) is 0 Å². The zero-order valence-electron chi connectivity index (χ0n) is 7.35. The third-order valence-electron chi connectivity index (χ3n) is 1.63. The van der Waals surface area contributed by atoms with Crippen molar-refractivity contribution in [2.75, 3.05) is 12.3 Å². The van der Waals surface area contributed by atoms with Gasteiger partial charge >= 0.3 is 0 Å². The van der Waals surface area contributed by atoms with E-state index in [9.17, 15) is 0 Å². The molecule has 1 aliphatic heterocycles. The van der Waals surface area contributed by atoms with Crippen LogP contribution in [0.3, 0.4) is 0 Å². The Morgan fingerprint density at radius 2 is 2.29 bits per heavy atom. The summed E-state index contributed by atoms with van der Waals surface area (Å²) in [5, 5.41) is 8.93. The summed E-state index contributed by atoms with van der Waals surface area (Å²) in [5.41, 5.74) is 0.842. The number of nitrogens with zero attached hydrogens (tertiary/aromatic N) is 3. The average Bonchev–Trinajstić information content (AvgIpc) is 2.67. The number of amidine groups is 1. The Balaban J connectivity index is 2.09. The van der Waals surface area contributed by atoms with Crippen molar-refractivity contribution >= 4 is 38.5 Å². The van der Waals surface area contributed by atoms with Gasteiger partial charge in [-0.05, 0) is 18.2 Å². The second-order valence-electron chi connectivity index (χ2n) is 2.69. The molecule has 5 heteroatoms. The SMILES string of the molecule is Brc1cccc(/N=N/C2=NCCS2)c1. The number of benzene rings is 1. The fourth-order valence-electron chi connectivity index (χ4n) is 1.02. The fourth-order valence-corrected chi connectivity index (χ4v) is 2.06. The summed E-state index contributed by atoms with van der Waals surface area (Å²) in [6.45, 7) is 0.859. The standard InChI is InChI=1S/C9H8BrN3S/c10-7-2-1-3-8(6-7)12-13-9-11-4-5-14-9/h1-3,6H,4-5H2/b13-12+. The largest absolute Gasteiger partial charge is 0.258 e.